The topological polar surface area (TPSA) is 74.9 Å². The van der Waals surface area contributed by atoms with Gasteiger partial charge in [0.15, 0.2) is 17.3 Å². The zero-order chi connectivity index (χ0) is 31.4. The lowest BCUT2D eigenvalue weighted by Crippen LogP contribution is -2.20. The molecule has 0 aliphatic rings. The van der Waals surface area contributed by atoms with E-state index in [1.807, 2.05) is 56.3 Å². The van der Waals surface area contributed by atoms with Crippen LogP contribution in [-0.2, 0) is 6.61 Å². The molecule has 4 aromatic carbocycles. The first-order valence-electron chi connectivity index (χ1n) is 14.3. The highest BCUT2D eigenvalue weighted by molar-refractivity contribution is 6.32. The van der Waals surface area contributed by atoms with Gasteiger partial charge in [-0.05, 0) is 90.6 Å². The fraction of sp³-hybridized carbons (Fsp3) is 0.229. The van der Waals surface area contributed by atoms with Crippen molar-refractivity contribution in [2.75, 3.05) is 13.7 Å². The zero-order valence-corrected chi connectivity index (χ0v) is 26.7. The highest BCUT2D eigenvalue weighted by Crippen LogP contribution is 2.37. The van der Waals surface area contributed by atoms with Gasteiger partial charge in [-0.2, -0.15) is 9.78 Å². The molecule has 5 rings (SSSR count). The number of halogens is 2. The molecule has 1 heterocycles. The Morgan fingerprint density at radius 3 is 2.43 bits per heavy atom. The predicted octanol–water partition coefficient (Wildman–Crippen LogP) is 8.67. The van der Waals surface area contributed by atoms with Crippen molar-refractivity contribution in [2.24, 2.45) is 5.10 Å². The van der Waals surface area contributed by atoms with Gasteiger partial charge in [0.25, 0.3) is 5.56 Å². The maximum Gasteiger partial charge on any atom is 0.282 e. The number of para-hydroxylation sites is 1. The zero-order valence-electron chi connectivity index (χ0n) is 25.2. The number of hydrogen-bond donors (Lipinski definition) is 0. The van der Waals surface area contributed by atoms with Crippen LogP contribution in [0.15, 0.2) is 82.7 Å². The van der Waals surface area contributed by atoms with Crippen LogP contribution in [0.4, 0.5) is 0 Å². The molecule has 0 unspecified atom stereocenters. The van der Waals surface area contributed by atoms with Gasteiger partial charge in [-0.15, -0.1) is 0 Å². The maximum absolute atomic E-state index is 13.8. The minimum absolute atomic E-state index is 0.188. The van der Waals surface area contributed by atoms with E-state index in [1.54, 1.807) is 43.7 Å². The van der Waals surface area contributed by atoms with E-state index in [4.69, 9.17) is 42.4 Å². The Morgan fingerprint density at radius 2 is 1.73 bits per heavy atom. The van der Waals surface area contributed by atoms with Crippen molar-refractivity contribution in [1.82, 2.24) is 9.66 Å². The van der Waals surface area contributed by atoms with Crippen molar-refractivity contribution < 1.29 is 14.2 Å². The number of aromatic nitrogens is 2. The van der Waals surface area contributed by atoms with Crippen LogP contribution in [0.1, 0.15) is 48.9 Å². The Bertz CT molecular complexity index is 1900. The molecule has 5 aromatic rings. The number of ether oxygens (including phenoxy) is 3. The average molecular weight is 631 g/mol. The van der Waals surface area contributed by atoms with Crippen LogP contribution in [0.5, 0.6) is 17.2 Å². The monoisotopic (exact) mass is 629 g/mol. The van der Waals surface area contributed by atoms with Gasteiger partial charge in [-0.3, -0.25) is 4.79 Å². The van der Waals surface area contributed by atoms with Crippen molar-refractivity contribution in [2.45, 2.75) is 40.2 Å². The average Bonchev–Trinajstić information content (AvgIpc) is 3.01. The Hall–Kier alpha value is -4.33. The summed E-state index contributed by atoms with van der Waals surface area (Å²) in [5.41, 5.74) is 4.55. The lowest BCUT2D eigenvalue weighted by Gasteiger charge is -2.17. The van der Waals surface area contributed by atoms with Gasteiger partial charge in [0, 0.05) is 10.6 Å². The summed E-state index contributed by atoms with van der Waals surface area (Å²) in [4.78, 5) is 18.7. The van der Waals surface area contributed by atoms with E-state index < -0.39 is 0 Å². The molecular weight excluding hydrogens is 597 g/mol. The largest absolute Gasteiger partial charge is 0.496 e. The fourth-order valence-electron chi connectivity index (χ4n) is 4.90. The predicted molar refractivity (Wildman–Crippen MR) is 178 cm³/mol. The molecule has 0 aliphatic carbocycles. The summed E-state index contributed by atoms with van der Waals surface area (Å²) in [5.74, 6) is 2.28. The summed E-state index contributed by atoms with van der Waals surface area (Å²) in [7, 11) is 1.66. The van der Waals surface area contributed by atoms with Gasteiger partial charge in [0.05, 0.1) is 35.9 Å². The van der Waals surface area contributed by atoms with Crippen LogP contribution in [-0.4, -0.2) is 29.6 Å². The Balaban J connectivity index is 1.59. The van der Waals surface area contributed by atoms with Crippen LogP contribution in [0, 0.1) is 6.92 Å². The third kappa shape index (κ3) is 6.59. The van der Waals surface area contributed by atoms with E-state index >= 15 is 0 Å². The van der Waals surface area contributed by atoms with E-state index in [-0.39, 0.29) is 18.1 Å². The number of fused-ring (bicyclic) bond motifs is 1. The Labute approximate surface area is 266 Å². The summed E-state index contributed by atoms with van der Waals surface area (Å²) in [6.45, 7) is 8.73. The summed E-state index contributed by atoms with van der Waals surface area (Å²) >= 11 is 12.7. The maximum atomic E-state index is 13.8. The molecule has 0 aliphatic heterocycles. The lowest BCUT2D eigenvalue weighted by atomic mass is 9.96. The standard InChI is InChI=1S/C35H33Cl2N3O4/c1-6-43-32-17-24(16-29(37)33(32)44-20-23-11-13-25(36)14-12-23)19-38-40-34(39-30-10-8-7-9-26(30)35(40)41)28-18-27(21(2)3)31(42-5)15-22(28)4/h7-19,21H,6,20H2,1-5H3. The van der Waals surface area contributed by atoms with Crippen LogP contribution in [0.2, 0.25) is 10.0 Å². The Kier molecular flexibility index (Phi) is 9.57. The number of nitrogens with zero attached hydrogens (tertiary/aromatic N) is 3. The molecule has 0 bridgehead atoms. The van der Waals surface area contributed by atoms with Gasteiger partial charge < -0.3 is 14.2 Å². The van der Waals surface area contributed by atoms with Crippen LogP contribution in [0.3, 0.4) is 0 Å². The number of aryl methyl sites for hydroxylation is 1. The molecule has 0 radical (unpaired) electrons. The van der Waals surface area contributed by atoms with Gasteiger partial charge in [-0.25, -0.2) is 4.98 Å². The van der Waals surface area contributed by atoms with Crippen molar-refractivity contribution in [3.8, 4) is 28.6 Å². The highest BCUT2D eigenvalue weighted by atomic mass is 35.5. The summed E-state index contributed by atoms with van der Waals surface area (Å²) in [6, 6.07) is 22.1. The molecule has 0 spiro atoms. The fourth-order valence-corrected chi connectivity index (χ4v) is 5.30. The van der Waals surface area contributed by atoms with Crippen molar-refractivity contribution >= 4 is 40.3 Å². The van der Waals surface area contributed by atoms with E-state index in [2.05, 4.69) is 18.9 Å². The Morgan fingerprint density at radius 1 is 0.977 bits per heavy atom. The number of methoxy groups -OCH3 is 1. The molecule has 0 fully saturated rings. The minimum atomic E-state index is -0.290. The number of hydrogen-bond acceptors (Lipinski definition) is 6. The van der Waals surface area contributed by atoms with Crippen LogP contribution in [0.25, 0.3) is 22.3 Å². The number of rotatable bonds is 10. The highest BCUT2D eigenvalue weighted by Gasteiger charge is 2.19. The van der Waals surface area contributed by atoms with Gasteiger partial charge in [0.1, 0.15) is 12.4 Å². The molecule has 0 amide bonds. The van der Waals surface area contributed by atoms with Crippen molar-refractivity contribution in [3.05, 3.63) is 115 Å². The minimum Gasteiger partial charge on any atom is -0.496 e. The van der Waals surface area contributed by atoms with E-state index in [9.17, 15) is 4.79 Å². The first-order chi connectivity index (χ1) is 21.2. The third-order valence-electron chi connectivity index (χ3n) is 7.14. The van der Waals surface area contributed by atoms with Crippen molar-refractivity contribution in [1.29, 1.82) is 0 Å². The molecule has 0 atom stereocenters. The normalized spacial score (nSPS) is 11.5. The SMILES string of the molecule is CCOc1cc(C=Nn2c(-c3cc(C(C)C)c(OC)cc3C)nc3ccccc3c2=O)cc(Cl)c1OCc1ccc(Cl)cc1. The lowest BCUT2D eigenvalue weighted by molar-refractivity contribution is 0.269. The van der Waals surface area contributed by atoms with Gasteiger partial charge >= 0.3 is 0 Å². The van der Waals surface area contributed by atoms with E-state index in [1.165, 1.54) is 4.68 Å². The van der Waals surface area contributed by atoms with Crippen LogP contribution < -0.4 is 19.8 Å². The molecule has 0 N–H and O–H groups in total. The second kappa shape index (κ2) is 13.5. The molecule has 0 saturated carbocycles. The smallest absolute Gasteiger partial charge is 0.282 e. The van der Waals surface area contributed by atoms with Gasteiger partial charge in [0.2, 0.25) is 0 Å². The summed E-state index contributed by atoms with van der Waals surface area (Å²) < 4.78 is 18.9. The summed E-state index contributed by atoms with van der Waals surface area (Å²) in [5, 5.41) is 6.11. The second-order valence-electron chi connectivity index (χ2n) is 10.6. The third-order valence-corrected chi connectivity index (χ3v) is 7.68. The molecular formula is C35H33Cl2N3O4. The van der Waals surface area contributed by atoms with E-state index in [0.29, 0.717) is 50.4 Å². The molecule has 1 aromatic heterocycles. The number of benzene rings is 4. The first-order valence-corrected chi connectivity index (χ1v) is 15.0. The molecule has 9 heteroatoms. The molecule has 226 valence electrons. The van der Waals surface area contributed by atoms with E-state index in [0.717, 1.165) is 28.0 Å². The van der Waals surface area contributed by atoms with Crippen LogP contribution >= 0.6 is 23.2 Å². The quantitative estimate of drug-likeness (QED) is 0.144. The molecule has 44 heavy (non-hydrogen) atoms. The first kappa shape index (κ1) is 31.1. The summed E-state index contributed by atoms with van der Waals surface area (Å²) in [6.07, 6.45) is 1.57. The van der Waals surface area contributed by atoms with Crippen molar-refractivity contribution in [3.63, 3.8) is 0 Å². The van der Waals surface area contributed by atoms with Gasteiger partial charge in [-0.1, -0.05) is 61.3 Å². The molecule has 7 nitrogen and oxygen atoms in total. The second-order valence-corrected chi connectivity index (χ2v) is 11.4. The molecule has 0 saturated heterocycles.